The molecular formula is C33H42FN5O2. The summed E-state index contributed by atoms with van der Waals surface area (Å²) in [5, 5.41) is 1.19. The smallest absolute Gasteiger partial charge is 0.256 e. The Morgan fingerprint density at radius 1 is 0.951 bits per heavy atom. The molecule has 3 aromatic rings. The predicted molar refractivity (Wildman–Crippen MR) is 159 cm³/mol. The van der Waals surface area contributed by atoms with Crippen LogP contribution < -0.4 is 0 Å². The molecule has 1 atom stereocenters. The molecule has 0 N–H and O–H groups in total. The third-order valence-electron chi connectivity index (χ3n) is 9.53. The van der Waals surface area contributed by atoms with Gasteiger partial charge < -0.3 is 19.3 Å². The molecule has 3 aliphatic rings. The number of likely N-dealkylation sites (tertiary alicyclic amines) is 3. The minimum absolute atomic E-state index is 0.0937. The van der Waals surface area contributed by atoms with E-state index in [2.05, 4.69) is 27.6 Å². The Balaban J connectivity index is 1.23. The normalized spacial score (nSPS) is 20.7. The number of hydrogen-bond acceptors (Lipinski definition) is 4. The molecule has 3 saturated heterocycles. The quantitative estimate of drug-likeness (QED) is 0.416. The summed E-state index contributed by atoms with van der Waals surface area (Å²) in [4.78, 5) is 36.2. The first-order chi connectivity index (χ1) is 19.9. The second-order valence-electron chi connectivity index (χ2n) is 12.5. The molecule has 3 fully saturated rings. The summed E-state index contributed by atoms with van der Waals surface area (Å²) in [5.41, 5.74) is 4.48. The average Bonchev–Trinajstić information content (AvgIpc) is 3.58. The summed E-state index contributed by atoms with van der Waals surface area (Å²) in [6, 6.07) is 4.59. The zero-order valence-corrected chi connectivity index (χ0v) is 24.4. The second kappa shape index (κ2) is 11.9. The topological polar surface area (TPSA) is 61.7 Å². The molecular weight excluding hydrogens is 517 g/mol. The van der Waals surface area contributed by atoms with Crippen LogP contribution in [0.25, 0.3) is 16.6 Å². The van der Waals surface area contributed by atoms with E-state index in [1.54, 1.807) is 13.0 Å². The molecule has 3 aliphatic heterocycles. The third-order valence-corrected chi connectivity index (χ3v) is 9.53. The van der Waals surface area contributed by atoms with Gasteiger partial charge in [0.2, 0.25) is 5.91 Å². The number of amides is 2. The van der Waals surface area contributed by atoms with E-state index in [0.717, 1.165) is 101 Å². The predicted octanol–water partition coefficient (Wildman–Crippen LogP) is 5.22. The largest absolute Gasteiger partial charge is 0.343 e. The van der Waals surface area contributed by atoms with Crippen molar-refractivity contribution >= 4 is 22.7 Å². The van der Waals surface area contributed by atoms with Gasteiger partial charge in [-0.1, -0.05) is 0 Å². The van der Waals surface area contributed by atoms with Crippen molar-refractivity contribution in [1.29, 1.82) is 0 Å². The number of aromatic nitrogens is 2. The van der Waals surface area contributed by atoms with E-state index in [9.17, 15) is 14.0 Å². The minimum atomic E-state index is -0.391. The van der Waals surface area contributed by atoms with Crippen molar-refractivity contribution in [2.24, 2.45) is 11.8 Å². The number of fused-ring (bicyclic) bond motifs is 1. The Kier molecular flexibility index (Phi) is 8.11. The molecule has 6 rings (SSSR count). The number of aryl methyl sites for hydroxylation is 1. The number of rotatable bonds is 6. The Hall–Kier alpha value is -3.26. The van der Waals surface area contributed by atoms with Crippen molar-refractivity contribution < 1.29 is 14.0 Å². The van der Waals surface area contributed by atoms with Crippen molar-refractivity contribution in [3.05, 3.63) is 59.3 Å². The highest BCUT2D eigenvalue weighted by Gasteiger charge is 2.29. The number of carbonyl (C=O) groups is 2. The van der Waals surface area contributed by atoms with E-state index in [1.165, 1.54) is 29.5 Å². The Labute approximate surface area is 242 Å². The van der Waals surface area contributed by atoms with Gasteiger partial charge in [0.1, 0.15) is 5.82 Å². The van der Waals surface area contributed by atoms with Gasteiger partial charge in [-0.15, -0.1) is 0 Å². The van der Waals surface area contributed by atoms with Crippen molar-refractivity contribution in [3.8, 4) is 5.69 Å². The van der Waals surface area contributed by atoms with Crippen LogP contribution in [0.1, 0.15) is 66.9 Å². The average molecular weight is 560 g/mol. The molecule has 41 heavy (non-hydrogen) atoms. The van der Waals surface area contributed by atoms with E-state index in [1.807, 2.05) is 22.2 Å². The molecule has 218 valence electrons. The molecule has 7 nitrogen and oxygen atoms in total. The first-order valence-corrected chi connectivity index (χ1v) is 15.4. The molecule has 0 radical (unpaired) electrons. The SMILES string of the molecule is CC(=O)N1CCC(CN2CC[C@@H](Cc3cn(-c4ccc(F)cc4C(=O)N4CCCCC4)c4cncc(C)c34)C2)CC1. The zero-order chi connectivity index (χ0) is 28.5. The van der Waals surface area contributed by atoms with E-state index in [0.29, 0.717) is 17.4 Å². The Bertz CT molecular complexity index is 1420. The van der Waals surface area contributed by atoms with Crippen LogP contribution in [-0.4, -0.2) is 81.9 Å². The summed E-state index contributed by atoms with van der Waals surface area (Å²) < 4.78 is 16.6. The van der Waals surface area contributed by atoms with Crippen LogP contribution in [0, 0.1) is 24.6 Å². The number of halogens is 1. The van der Waals surface area contributed by atoms with Gasteiger partial charge >= 0.3 is 0 Å². The molecule has 0 spiro atoms. The minimum Gasteiger partial charge on any atom is -0.343 e. The lowest BCUT2D eigenvalue weighted by atomic mass is 9.96. The maximum absolute atomic E-state index is 14.5. The van der Waals surface area contributed by atoms with Gasteiger partial charge in [-0.25, -0.2) is 4.39 Å². The lowest BCUT2D eigenvalue weighted by Crippen LogP contribution is -2.40. The molecule has 0 saturated carbocycles. The fraction of sp³-hybridized carbons (Fsp3) is 0.545. The lowest BCUT2D eigenvalue weighted by molar-refractivity contribution is -0.130. The maximum Gasteiger partial charge on any atom is 0.256 e. The van der Waals surface area contributed by atoms with Crippen molar-refractivity contribution in [2.75, 3.05) is 45.8 Å². The van der Waals surface area contributed by atoms with E-state index < -0.39 is 5.82 Å². The van der Waals surface area contributed by atoms with Gasteiger partial charge in [-0.3, -0.25) is 14.6 Å². The Morgan fingerprint density at radius 2 is 1.71 bits per heavy atom. The number of hydrogen-bond donors (Lipinski definition) is 0. The van der Waals surface area contributed by atoms with Crippen LogP contribution >= 0.6 is 0 Å². The zero-order valence-electron chi connectivity index (χ0n) is 24.4. The van der Waals surface area contributed by atoms with E-state index in [-0.39, 0.29) is 11.8 Å². The summed E-state index contributed by atoms with van der Waals surface area (Å²) in [6.07, 6.45) is 13.4. The van der Waals surface area contributed by atoms with Crippen LogP contribution in [0.5, 0.6) is 0 Å². The number of nitrogens with zero attached hydrogens (tertiary/aromatic N) is 5. The van der Waals surface area contributed by atoms with E-state index >= 15 is 0 Å². The number of pyridine rings is 1. The molecule has 0 unspecified atom stereocenters. The van der Waals surface area contributed by atoms with Crippen LogP contribution in [0.4, 0.5) is 4.39 Å². The molecule has 0 aliphatic carbocycles. The van der Waals surface area contributed by atoms with Gasteiger partial charge in [0.05, 0.1) is 23.0 Å². The van der Waals surface area contributed by atoms with Gasteiger partial charge in [0.15, 0.2) is 0 Å². The van der Waals surface area contributed by atoms with Gasteiger partial charge in [-0.05, 0) is 99.6 Å². The van der Waals surface area contributed by atoms with Gasteiger partial charge in [0, 0.05) is 64.0 Å². The first kappa shape index (κ1) is 27.9. The molecule has 1 aromatic carbocycles. The summed E-state index contributed by atoms with van der Waals surface area (Å²) >= 11 is 0. The molecule has 2 aromatic heterocycles. The highest BCUT2D eigenvalue weighted by Crippen LogP contribution is 2.33. The monoisotopic (exact) mass is 559 g/mol. The number of benzene rings is 1. The highest BCUT2D eigenvalue weighted by molar-refractivity contribution is 5.99. The Morgan fingerprint density at radius 3 is 2.46 bits per heavy atom. The standard InChI is InChI=1S/C33H42FN5O2/c1-23-18-35-19-31-32(23)27(16-26-8-13-36(21-26)20-25-9-14-37(15-10-25)24(2)40)22-39(31)30-7-6-28(34)17-29(30)33(41)38-11-4-3-5-12-38/h6-7,17-19,22,25-26H,3-5,8-16,20-21H2,1-2H3/t26-/m0/s1. The third kappa shape index (κ3) is 5.89. The number of carbonyl (C=O) groups excluding carboxylic acids is 2. The molecule has 0 bridgehead atoms. The molecule has 2 amide bonds. The molecule has 8 heteroatoms. The van der Waals surface area contributed by atoms with Crippen LogP contribution in [0.2, 0.25) is 0 Å². The maximum atomic E-state index is 14.5. The fourth-order valence-corrected chi connectivity index (χ4v) is 7.30. The summed E-state index contributed by atoms with van der Waals surface area (Å²) in [6.45, 7) is 10.3. The van der Waals surface area contributed by atoms with E-state index in [4.69, 9.17) is 0 Å². The van der Waals surface area contributed by atoms with Crippen LogP contribution in [0.3, 0.4) is 0 Å². The first-order valence-electron chi connectivity index (χ1n) is 15.4. The second-order valence-corrected chi connectivity index (χ2v) is 12.5. The highest BCUT2D eigenvalue weighted by atomic mass is 19.1. The summed E-state index contributed by atoms with van der Waals surface area (Å²) in [7, 11) is 0. The van der Waals surface area contributed by atoms with Crippen molar-refractivity contribution in [2.45, 2.75) is 58.8 Å². The summed E-state index contributed by atoms with van der Waals surface area (Å²) in [5.74, 6) is 0.926. The molecule has 5 heterocycles. The van der Waals surface area contributed by atoms with Crippen molar-refractivity contribution in [3.63, 3.8) is 0 Å². The van der Waals surface area contributed by atoms with Crippen LogP contribution in [-0.2, 0) is 11.2 Å². The lowest BCUT2D eigenvalue weighted by Gasteiger charge is -2.33. The fourth-order valence-electron chi connectivity index (χ4n) is 7.30. The van der Waals surface area contributed by atoms with Crippen molar-refractivity contribution in [1.82, 2.24) is 24.3 Å². The number of piperidine rings is 2. The van der Waals surface area contributed by atoms with Gasteiger partial charge in [0.25, 0.3) is 5.91 Å². The van der Waals surface area contributed by atoms with Crippen LogP contribution in [0.15, 0.2) is 36.8 Å². The van der Waals surface area contributed by atoms with Gasteiger partial charge in [-0.2, -0.15) is 0 Å².